The molecule has 0 fully saturated rings. The Labute approximate surface area is 178 Å². The van der Waals surface area contributed by atoms with Crippen molar-refractivity contribution in [2.45, 2.75) is 53.9 Å². The minimum Gasteiger partial charge on any atom is -0.397 e. The summed E-state index contributed by atoms with van der Waals surface area (Å²) in [5.74, 6) is -1.47. The summed E-state index contributed by atoms with van der Waals surface area (Å²) in [7, 11) is 0. The Bertz CT molecular complexity index is 131. The molecule has 0 aliphatic rings. The van der Waals surface area contributed by atoms with Crippen LogP contribution in [0, 0.1) is 6.92 Å². The minimum atomic E-state index is -1.47. The molecule has 0 radical (unpaired) electrons. The van der Waals surface area contributed by atoms with Gasteiger partial charge in [-0.25, -0.2) is 0 Å². The van der Waals surface area contributed by atoms with Gasteiger partial charge in [0.25, 0.3) is 5.97 Å². The summed E-state index contributed by atoms with van der Waals surface area (Å²) in [5.41, 5.74) is 0. The van der Waals surface area contributed by atoms with Gasteiger partial charge < -0.3 is 41.9 Å². The van der Waals surface area contributed by atoms with Crippen LogP contribution in [0.5, 0.6) is 0 Å². The van der Waals surface area contributed by atoms with Crippen molar-refractivity contribution in [3.63, 3.8) is 0 Å². The van der Waals surface area contributed by atoms with E-state index in [2.05, 4.69) is 6.92 Å². The third kappa shape index (κ3) is 76.9. The Morgan fingerprint density at radius 3 is 0.917 bits per heavy atom. The van der Waals surface area contributed by atoms with Crippen LogP contribution in [-0.2, 0) is 52.9 Å². The van der Waals surface area contributed by atoms with Gasteiger partial charge in [-0.05, 0) is 41.5 Å². The van der Waals surface area contributed by atoms with E-state index in [1.54, 1.807) is 41.5 Å². The topological polar surface area (TPSA) is 120 Å². The van der Waals surface area contributed by atoms with E-state index in [9.17, 15) is 5.11 Å². The van der Waals surface area contributed by atoms with Crippen LogP contribution in [-0.4, -0.2) is 71.1 Å². The van der Waals surface area contributed by atoms with Gasteiger partial charge in [-0.15, -0.1) is 0 Å². The molecule has 0 aromatic carbocycles. The zero-order valence-electron chi connectivity index (χ0n) is 16.2. The first-order chi connectivity index (χ1) is 10.3. The van der Waals surface area contributed by atoms with Crippen molar-refractivity contribution in [3.8, 4) is 0 Å². The Hall–Kier alpha value is 1.15. The predicted molar refractivity (Wildman–Crippen MR) is 89.2 cm³/mol. The second kappa shape index (κ2) is 49.6. The molecule has 24 heavy (non-hydrogen) atoms. The van der Waals surface area contributed by atoms with Crippen molar-refractivity contribution in [1.29, 1.82) is 0 Å². The van der Waals surface area contributed by atoms with Gasteiger partial charge in [-0.2, -0.15) is 0 Å². The first kappa shape index (κ1) is 44.5. The zero-order chi connectivity index (χ0) is 18.9. The zero-order valence-corrected chi connectivity index (χ0v) is 19.3. The molecule has 0 aromatic rings. The van der Waals surface area contributed by atoms with Crippen LogP contribution < -0.4 is 0 Å². The van der Waals surface area contributed by atoms with Crippen LogP contribution in [0.25, 0.3) is 0 Å². The van der Waals surface area contributed by atoms with E-state index in [1.807, 2.05) is 0 Å². The molecule has 0 aliphatic carbocycles. The summed E-state index contributed by atoms with van der Waals surface area (Å²) in [6, 6.07) is 0. The summed E-state index contributed by atoms with van der Waals surface area (Å²) in [6.07, 6.45) is 0.203. The van der Waals surface area contributed by atoms with E-state index < -0.39 is 5.97 Å². The Morgan fingerprint density at radius 2 is 0.833 bits per heavy atom. The van der Waals surface area contributed by atoms with Gasteiger partial charge in [0.2, 0.25) is 0 Å². The first-order valence-electron chi connectivity index (χ1n) is 7.57. The van der Waals surface area contributed by atoms with Crippen molar-refractivity contribution < 1.29 is 78.4 Å². The molecule has 0 unspecified atom stereocenters. The third-order valence-corrected chi connectivity index (χ3v) is 1.06. The number of ether oxygens (including phenoxy) is 2. The largest absolute Gasteiger partial charge is 0.397 e. The molecule has 0 amide bonds. The van der Waals surface area contributed by atoms with E-state index in [1.165, 1.54) is 0 Å². The molecule has 0 saturated heterocycles. The normalized spacial score (nSPS) is 8.00. The van der Waals surface area contributed by atoms with Crippen molar-refractivity contribution in [2.24, 2.45) is 0 Å². The molecule has 0 atom stereocenters. The Kier molecular flexibility index (Phi) is 92.1. The Morgan fingerprint density at radius 1 is 0.667 bits per heavy atom. The molecular formula is C15H39O7Ti2-. The van der Waals surface area contributed by atoms with E-state index >= 15 is 0 Å². The fourth-order valence-corrected chi connectivity index (χ4v) is 0.637. The maximum atomic E-state index is 9.31. The van der Waals surface area contributed by atoms with Crippen molar-refractivity contribution in [2.75, 3.05) is 39.6 Å². The molecule has 5 N–H and O–H groups in total. The van der Waals surface area contributed by atoms with Crippen LogP contribution in [0.2, 0.25) is 0 Å². The van der Waals surface area contributed by atoms with Gasteiger partial charge in [0.1, 0.15) is 0 Å². The maximum Gasteiger partial charge on any atom is 0.251 e. The van der Waals surface area contributed by atoms with E-state index in [4.69, 9.17) is 29.9 Å². The smallest absolute Gasteiger partial charge is 0.251 e. The number of aliphatic hydroxyl groups excluding tert-OH is 4. The van der Waals surface area contributed by atoms with Crippen LogP contribution >= 0.6 is 0 Å². The number of rotatable bonds is 5. The fraction of sp³-hybridized carbons (Fsp3) is 0.933. The van der Waals surface area contributed by atoms with Gasteiger partial charge in [0.05, 0.1) is 0 Å². The van der Waals surface area contributed by atoms with Gasteiger partial charge in [0, 0.05) is 83.1 Å². The molecule has 0 bridgehead atoms. The van der Waals surface area contributed by atoms with Crippen molar-refractivity contribution in [3.05, 3.63) is 6.92 Å². The molecule has 150 valence electrons. The monoisotopic (exact) mass is 427 g/mol. The standard InChI is InChI=1S/C7H15O3.4C2H6O.2Ti/c1-4-7(8,9-5-2)10-6-3;4*1-2-3;;/h8H,1,4-6H2,2-3H3;4*3H,2H2,1H3;;/q-1;;;;;;. The molecule has 0 spiro atoms. The second-order valence-corrected chi connectivity index (χ2v) is 3.09. The molecule has 0 aromatic heterocycles. The Balaban J connectivity index is -0.0000000348. The van der Waals surface area contributed by atoms with E-state index in [0.717, 1.165) is 0 Å². The fourth-order valence-electron chi connectivity index (χ4n) is 0.637. The first-order valence-corrected chi connectivity index (χ1v) is 7.57. The van der Waals surface area contributed by atoms with Crippen LogP contribution in [0.3, 0.4) is 0 Å². The van der Waals surface area contributed by atoms with Crippen LogP contribution in [0.4, 0.5) is 0 Å². The number of aliphatic hydroxyl groups is 5. The summed E-state index contributed by atoms with van der Waals surface area (Å²) < 4.78 is 9.78. The number of hydrogen-bond donors (Lipinski definition) is 5. The van der Waals surface area contributed by atoms with Crippen molar-refractivity contribution in [1.82, 2.24) is 0 Å². The SMILES string of the molecule is CCO.CCO.CCO.CCO.[CH2-]CC(O)(OCC)OCC.[Ti].[Ti]. The number of hydrogen-bond acceptors (Lipinski definition) is 7. The molecule has 0 aliphatic heterocycles. The second-order valence-electron chi connectivity index (χ2n) is 3.09. The summed E-state index contributed by atoms with van der Waals surface area (Å²) >= 11 is 0. The molecular weight excluding hydrogens is 388 g/mol. The molecule has 0 rings (SSSR count). The molecule has 9 heteroatoms. The van der Waals surface area contributed by atoms with Gasteiger partial charge in [0.15, 0.2) is 0 Å². The van der Waals surface area contributed by atoms with Crippen LogP contribution in [0.15, 0.2) is 0 Å². The average Bonchev–Trinajstić information content (AvgIpc) is 2.43. The minimum absolute atomic E-state index is 0. The molecule has 0 saturated carbocycles. The quantitative estimate of drug-likeness (QED) is 0.252. The average molecular weight is 427 g/mol. The van der Waals surface area contributed by atoms with Crippen molar-refractivity contribution >= 4 is 0 Å². The third-order valence-electron chi connectivity index (χ3n) is 1.06. The predicted octanol–water partition coefficient (Wildman–Crippen LogP) is 0.919. The van der Waals surface area contributed by atoms with E-state index in [-0.39, 0.29) is 76.3 Å². The van der Waals surface area contributed by atoms with Gasteiger partial charge in [-0.3, -0.25) is 0 Å². The summed E-state index contributed by atoms with van der Waals surface area (Å²) in [6.45, 7) is 15.6. The summed E-state index contributed by atoms with van der Waals surface area (Å²) in [4.78, 5) is 0. The van der Waals surface area contributed by atoms with Gasteiger partial charge in [-0.1, -0.05) is 6.42 Å². The van der Waals surface area contributed by atoms with E-state index in [0.29, 0.717) is 13.2 Å². The van der Waals surface area contributed by atoms with Gasteiger partial charge >= 0.3 is 0 Å². The molecule has 0 heterocycles. The molecule has 7 nitrogen and oxygen atoms in total. The summed E-state index contributed by atoms with van der Waals surface area (Å²) in [5, 5.41) is 39.6. The maximum absolute atomic E-state index is 9.31. The van der Waals surface area contributed by atoms with Crippen LogP contribution in [0.1, 0.15) is 48.0 Å².